The molecular weight excluding hydrogens is 613 g/mol. The number of rotatable bonds is 37. The van der Waals surface area contributed by atoms with Crippen molar-refractivity contribution in [3.63, 3.8) is 0 Å². The summed E-state index contributed by atoms with van der Waals surface area (Å²) in [5, 5.41) is 0. The molecule has 0 spiro atoms. The van der Waals surface area contributed by atoms with Crippen molar-refractivity contribution in [1.82, 2.24) is 9.80 Å². The highest BCUT2D eigenvalue weighted by molar-refractivity contribution is 5.67. The Labute approximate surface area is 313 Å². The highest BCUT2D eigenvalue weighted by Gasteiger charge is 2.17. The fourth-order valence-corrected chi connectivity index (χ4v) is 6.36. The van der Waals surface area contributed by atoms with Gasteiger partial charge >= 0.3 is 6.09 Å². The van der Waals surface area contributed by atoms with Crippen molar-refractivity contribution in [2.24, 2.45) is 0 Å². The molecular formula is C46H86N2O2. The van der Waals surface area contributed by atoms with Crippen molar-refractivity contribution in [3.05, 3.63) is 48.6 Å². The number of amides is 1. The summed E-state index contributed by atoms with van der Waals surface area (Å²) in [5.74, 6) is 0. The van der Waals surface area contributed by atoms with Gasteiger partial charge in [0, 0.05) is 13.6 Å². The average Bonchev–Trinajstić information content (AvgIpc) is 3.12. The summed E-state index contributed by atoms with van der Waals surface area (Å²) in [6.07, 6.45) is 51.9. The van der Waals surface area contributed by atoms with Crippen molar-refractivity contribution >= 4 is 6.09 Å². The van der Waals surface area contributed by atoms with Gasteiger partial charge < -0.3 is 14.5 Å². The van der Waals surface area contributed by atoms with Crippen LogP contribution in [0.25, 0.3) is 0 Å². The molecule has 0 saturated heterocycles. The van der Waals surface area contributed by atoms with E-state index >= 15 is 0 Å². The lowest BCUT2D eigenvalue weighted by Gasteiger charge is -2.24. The van der Waals surface area contributed by atoms with Gasteiger partial charge in [0.2, 0.25) is 0 Å². The van der Waals surface area contributed by atoms with E-state index in [-0.39, 0.29) is 12.2 Å². The Morgan fingerprint density at radius 3 is 1.34 bits per heavy atom. The Morgan fingerprint density at radius 1 is 0.480 bits per heavy atom. The largest absolute Gasteiger partial charge is 0.446 e. The number of allylic oxidation sites excluding steroid dienone is 8. The number of nitrogens with zero attached hydrogens (tertiary/aromatic N) is 2. The van der Waals surface area contributed by atoms with Crippen LogP contribution in [0.4, 0.5) is 4.79 Å². The van der Waals surface area contributed by atoms with Gasteiger partial charge in [0.25, 0.3) is 0 Å². The van der Waals surface area contributed by atoms with E-state index in [1.54, 1.807) is 4.90 Å². The normalized spacial score (nSPS) is 12.8. The summed E-state index contributed by atoms with van der Waals surface area (Å²) in [5.41, 5.74) is 0. The topological polar surface area (TPSA) is 32.8 Å². The number of ether oxygens (including phenoxy) is 1. The number of hydrogen-bond donors (Lipinski definition) is 0. The molecule has 0 aromatic rings. The molecule has 1 unspecified atom stereocenters. The first kappa shape index (κ1) is 48.2. The first-order valence-corrected chi connectivity index (χ1v) is 21.8. The molecule has 0 fully saturated rings. The van der Waals surface area contributed by atoms with Crippen molar-refractivity contribution in [3.8, 4) is 0 Å². The van der Waals surface area contributed by atoms with Crippen molar-refractivity contribution in [1.29, 1.82) is 0 Å². The van der Waals surface area contributed by atoms with Gasteiger partial charge in [-0.1, -0.05) is 147 Å². The van der Waals surface area contributed by atoms with E-state index in [2.05, 4.69) is 81.2 Å². The predicted octanol–water partition coefficient (Wildman–Crippen LogP) is 14.6. The zero-order chi connectivity index (χ0) is 36.6. The minimum atomic E-state index is -0.131. The minimum absolute atomic E-state index is 0.0576. The summed E-state index contributed by atoms with van der Waals surface area (Å²) in [6, 6.07) is 0. The fourth-order valence-electron chi connectivity index (χ4n) is 6.36. The summed E-state index contributed by atoms with van der Waals surface area (Å²) in [4.78, 5) is 17.2. The molecule has 0 aromatic heterocycles. The third kappa shape index (κ3) is 34.6. The molecule has 4 nitrogen and oxygen atoms in total. The van der Waals surface area contributed by atoms with Crippen LogP contribution >= 0.6 is 0 Å². The van der Waals surface area contributed by atoms with Gasteiger partial charge in [0.1, 0.15) is 6.10 Å². The van der Waals surface area contributed by atoms with Crippen LogP contribution in [-0.2, 0) is 4.74 Å². The zero-order valence-corrected chi connectivity index (χ0v) is 34.3. The van der Waals surface area contributed by atoms with E-state index in [9.17, 15) is 4.79 Å². The molecule has 0 rings (SSSR count). The fraction of sp³-hybridized carbons (Fsp3) is 0.804. The second kappa shape index (κ2) is 40.0. The van der Waals surface area contributed by atoms with Gasteiger partial charge in [0.15, 0.2) is 0 Å². The minimum Gasteiger partial charge on any atom is -0.446 e. The van der Waals surface area contributed by atoms with E-state index in [1.165, 1.54) is 135 Å². The summed E-state index contributed by atoms with van der Waals surface area (Å²) < 4.78 is 6.12. The van der Waals surface area contributed by atoms with Crippen LogP contribution in [0, 0.1) is 0 Å². The molecule has 292 valence electrons. The van der Waals surface area contributed by atoms with Crippen LogP contribution in [0.1, 0.15) is 201 Å². The maximum Gasteiger partial charge on any atom is 0.409 e. The summed E-state index contributed by atoms with van der Waals surface area (Å²) >= 11 is 0. The number of carbonyl (C=O) groups is 1. The summed E-state index contributed by atoms with van der Waals surface area (Å²) in [7, 11) is 1.90. The zero-order valence-electron chi connectivity index (χ0n) is 34.3. The van der Waals surface area contributed by atoms with Gasteiger partial charge in [-0.2, -0.15) is 0 Å². The van der Waals surface area contributed by atoms with Crippen molar-refractivity contribution < 1.29 is 9.53 Å². The van der Waals surface area contributed by atoms with Crippen LogP contribution in [0.15, 0.2) is 48.6 Å². The molecule has 1 atom stereocenters. The second-order valence-corrected chi connectivity index (χ2v) is 14.5. The maximum absolute atomic E-state index is 13.0. The molecule has 0 radical (unpaired) electrons. The molecule has 50 heavy (non-hydrogen) atoms. The smallest absolute Gasteiger partial charge is 0.409 e. The van der Waals surface area contributed by atoms with Crippen LogP contribution in [0.5, 0.6) is 0 Å². The molecule has 0 heterocycles. The number of hydrogen-bond acceptors (Lipinski definition) is 3. The molecule has 0 aromatic carbocycles. The highest BCUT2D eigenvalue weighted by atomic mass is 16.6. The Kier molecular flexibility index (Phi) is 38.5. The number of carbonyl (C=O) groups excluding carboxylic acids is 1. The molecule has 4 heteroatoms. The Hall–Kier alpha value is -1.81. The van der Waals surface area contributed by atoms with Gasteiger partial charge in [-0.25, -0.2) is 4.79 Å². The van der Waals surface area contributed by atoms with Gasteiger partial charge in [-0.05, 0) is 122 Å². The predicted molar refractivity (Wildman–Crippen MR) is 223 cm³/mol. The molecule has 0 aliphatic carbocycles. The highest BCUT2D eigenvalue weighted by Crippen LogP contribution is 2.18. The third-order valence-corrected chi connectivity index (χ3v) is 9.87. The lowest BCUT2D eigenvalue weighted by Crippen LogP contribution is -2.34. The van der Waals surface area contributed by atoms with E-state index in [0.29, 0.717) is 0 Å². The molecule has 1 amide bonds. The van der Waals surface area contributed by atoms with Gasteiger partial charge in [-0.15, -0.1) is 0 Å². The van der Waals surface area contributed by atoms with E-state index < -0.39 is 0 Å². The van der Waals surface area contributed by atoms with Crippen LogP contribution in [0.2, 0.25) is 0 Å². The SMILES string of the molecule is CCCCC/C=C\C/C=C\CCCCCCCCC(CCCCCCC/C=C\CC/C=C\CCCCC)OC(=O)N(C)CCCN(CC)CC. The van der Waals surface area contributed by atoms with Crippen LogP contribution in [0.3, 0.4) is 0 Å². The second-order valence-electron chi connectivity index (χ2n) is 14.5. The summed E-state index contributed by atoms with van der Waals surface area (Å²) in [6.45, 7) is 12.9. The quantitative estimate of drug-likeness (QED) is 0.0478. The average molecular weight is 699 g/mol. The van der Waals surface area contributed by atoms with Crippen molar-refractivity contribution in [2.45, 2.75) is 207 Å². The van der Waals surface area contributed by atoms with Crippen LogP contribution < -0.4 is 0 Å². The molecule has 0 saturated carbocycles. The molecule has 0 bridgehead atoms. The Balaban J connectivity index is 4.29. The molecule has 0 N–H and O–H groups in total. The number of unbranched alkanes of at least 4 members (excludes halogenated alkanes) is 18. The maximum atomic E-state index is 13.0. The van der Waals surface area contributed by atoms with Gasteiger partial charge in [-0.3, -0.25) is 0 Å². The van der Waals surface area contributed by atoms with E-state index in [4.69, 9.17) is 4.74 Å². The van der Waals surface area contributed by atoms with Gasteiger partial charge in [0.05, 0.1) is 0 Å². The van der Waals surface area contributed by atoms with E-state index in [0.717, 1.165) is 64.7 Å². The molecule has 0 aliphatic rings. The van der Waals surface area contributed by atoms with Crippen molar-refractivity contribution in [2.75, 3.05) is 33.2 Å². The Morgan fingerprint density at radius 2 is 0.880 bits per heavy atom. The third-order valence-electron chi connectivity index (χ3n) is 9.87. The lowest BCUT2D eigenvalue weighted by atomic mass is 10.0. The Bertz CT molecular complexity index is 813. The monoisotopic (exact) mass is 699 g/mol. The molecule has 0 aliphatic heterocycles. The van der Waals surface area contributed by atoms with E-state index in [1.807, 2.05) is 7.05 Å². The standard InChI is InChI=1S/C46H86N2O2/c1-6-10-12-14-16-18-20-22-24-26-28-30-32-34-36-38-41-45(50-46(49)47(5)43-40-44-48(8-3)9-4)42-39-37-35-33-31-29-27-25-23-21-19-17-15-13-11-7-2/h16-19,22,24-25,27,45H,6-15,20-21,23,26,28-44H2,1-5H3/b18-16-,19-17-,24-22-,27-25-. The van der Waals surface area contributed by atoms with Crippen LogP contribution in [-0.4, -0.2) is 55.2 Å². The first-order chi connectivity index (χ1) is 24.6. The lowest BCUT2D eigenvalue weighted by molar-refractivity contribution is 0.0575. The first-order valence-electron chi connectivity index (χ1n) is 21.8.